The maximum absolute atomic E-state index is 11.8. The van der Waals surface area contributed by atoms with Gasteiger partial charge in [-0.1, -0.05) is 17.7 Å². The van der Waals surface area contributed by atoms with Crippen molar-refractivity contribution < 1.29 is 9.00 Å². The van der Waals surface area contributed by atoms with Gasteiger partial charge in [-0.15, -0.1) is 11.3 Å². The van der Waals surface area contributed by atoms with Crippen LogP contribution in [-0.4, -0.2) is 15.9 Å². The molecular weight excluding hydrogens is 304 g/mol. The Morgan fingerprint density at radius 1 is 1.42 bits per heavy atom. The van der Waals surface area contributed by atoms with Crippen LogP contribution in [0.15, 0.2) is 39.9 Å². The Balaban J connectivity index is 1.98. The molecular formula is C12H11ClN2O2S2. The van der Waals surface area contributed by atoms with Gasteiger partial charge < -0.3 is 11.1 Å². The van der Waals surface area contributed by atoms with E-state index in [9.17, 15) is 9.00 Å². The van der Waals surface area contributed by atoms with Crippen molar-refractivity contribution in [2.75, 3.05) is 16.8 Å². The van der Waals surface area contributed by atoms with Gasteiger partial charge in [-0.2, -0.15) is 0 Å². The van der Waals surface area contributed by atoms with E-state index in [1.807, 2.05) is 5.38 Å². The number of amides is 1. The molecule has 0 spiro atoms. The molecule has 0 bridgehead atoms. The zero-order chi connectivity index (χ0) is 13.8. The van der Waals surface area contributed by atoms with Gasteiger partial charge in [0.25, 0.3) is 0 Å². The number of hydrogen-bond acceptors (Lipinski definition) is 4. The first-order chi connectivity index (χ1) is 9.06. The molecule has 1 heterocycles. The lowest BCUT2D eigenvalue weighted by atomic mass is 10.3. The molecule has 1 unspecified atom stereocenters. The van der Waals surface area contributed by atoms with E-state index >= 15 is 0 Å². The predicted molar refractivity (Wildman–Crippen MR) is 80.1 cm³/mol. The molecule has 0 aliphatic carbocycles. The number of anilines is 2. The van der Waals surface area contributed by atoms with E-state index in [2.05, 4.69) is 5.32 Å². The number of carbonyl (C=O) groups is 1. The molecule has 100 valence electrons. The number of hydrogen-bond donors (Lipinski definition) is 2. The summed E-state index contributed by atoms with van der Waals surface area (Å²) in [5, 5.41) is 4.89. The highest BCUT2D eigenvalue weighted by Crippen LogP contribution is 2.22. The minimum absolute atomic E-state index is 0.0803. The van der Waals surface area contributed by atoms with Gasteiger partial charge in [0.2, 0.25) is 5.91 Å². The van der Waals surface area contributed by atoms with Crippen LogP contribution in [0.1, 0.15) is 0 Å². The fourth-order valence-corrected chi connectivity index (χ4v) is 3.42. The Bertz CT molecular complexity index is 614. The van der Waals surface area contributed by atoms with E-state index in [4.69, 9.17) is 17.3 Å². The smallest absolute Gasteiger partial charge is 0.237 e. The second kappa shape index (κ2) is 6.18. The summed E-state index contributed by atoms with van der Waals surface area (Å²) >= 11 is 7.15. The molecule has 19 heavy (non-hydrogen) atoms. The van der Waals surface area contributed by atoms with Crippen molar-refractivity contribution in [3.05, 3.63) is 40.7 Å². The van der Waals surface area contributed by atoms with Crippen LogP contribution in [0.2, 0.25) is 5.02 Å². The fourth-order valence-electron chi connectivity index (χ4n) is 1.40. The summed E-state index contributed by atoms with van der Waals surface area (Å²) in [6, 6.07) is 8.35. The molecule has 0 saturated carbocycles. The van der Waals surface area contributed by atoms with E-state index in [1.54, 1.807) is 30.3 Å². The largest absolute Gasteiger partial charge is 0.397 e. The van der Waals surface area contributed by atoms with Crippen LogP contribution in [0.5, 0.6) is 0 Å². The monoisotopic (exact) mass is 314 g/mol. The Labute approximate surface area is 122 Å². The van der Waals surface area contributed by atoms with E-state index in [0.29, 0.717) is 20.6 Å². The van der Waals surface area contributed by atoms with Crippen molar-refractivity contribution in [1.82, 2.24) is 0 Å². The van der Waals surface area contributed by atoms with Crippen molar-refractivity contribution in [2.45, 2.75) is 4.21 Å². The Hall–Kier alpha value is -1.37. The number of nitrogen functional groups attached to an aromatic ring is 1. The predicted octanol–water partition coefficient (Wildman–Crippen LogP) is 2.73. The van der Waals surface area contributed by atoms with Crippen LogP contribution in [0.3, 0.4) is 0 Å². The molecule has 7 heteroatoms. The van der Waals surface area contributed by atoms with E-state index < -0.39 is 10.8 Å². The Morgan fingerprint density at radius 2 is 2.21 bits per heavy atom. The average molecular weight is 315 g/mol. The summed E-state index contributed by atoms with van der Waals surface area (Å²) in [6.45, 7) is 0. The minimum atomic E-state index is -1.32. The first-order valence-electron chi connectivity index (χ1n) is 5.33. The number of rotatable bonds is 4. The highest BCUT2D eigenvalue weighted by molar-refractivity contribution is 7.88. The molecule has 0 aliphatic heterocycles. The summed E-state index contributed by atoms with van der Waals surface area (Å²) < 4.78 is 12.5. The van der Waals surface area contributed by atoms with Gasteiger partial charge in [-0.25, -0.2) is 0 Å². The third kappa shape index (κ3) is 3.79. The molecule has 0 radical (unpaired) electrons. The van der Waals surface area contributed by atoms with Crippen LogP contribution in [0.25, 0.3) is 0 Å². The zero-order valence-electron chi connectivity index (χ0n) is 9.76. The molecule has 0 aliphatic rings. The number of thiophene rings is 1. The molecule has 1 atom stereocenters. The Kier molecular flexibility index (Phi) is 4.57. The second-order valence-corrected chi connectivity index (χ2v) is 6.74. The highest BCUT2D eigenvalue weighted by Gasteiger charge is 2.11. The van der Waals surface area contributed by atoms with Crippen LogP contribution < -0.4 is 11.1 Å². The summed E-state index contributed by atoms with van der Waals surface area (Å²) in [5.41, 5.74) is 6.56. The van der Waals surface area contributed by atoms with Gasteiger partial charge in [0.05, 0.1) is 25.7 Å². The molecule has 1 aromatic heterocycles. The maximum Gasteiger partial charge on any atom is 0.237 e. The zero-order valence-corrected chi connectivity index (χ0v) is 12.1. The first-order valence-corrected chi connectivity index (χ1v) is 7.90. The van der Waals surface area contributed by atoms with E-state index in [0.717, 1.165) is 0 Å². The topological polar surface area (TPSA) is 72.2 Å². The molecule has 1 amide bonds. The van der Waals surface area contributed by atoms with Gasteiger partial charge in [-0.3, -0.25) is 9.00 Å². The van der Waals surface area contributed by atoms with Gasteiger partial charge in [0.15, 0.2) is 0 Å². The first kappa shape index (κ1) is 14.0. The van der Waals surface area contributed by atoms with Crippen LogP contribution in [-0.2, 0) is 15.6 Å². The van der Waals surface area contributed by atoms with Crippen LogP contribution >= 0.6 is 22.9 Å². The third-order valence-corrected chi connectivity index (χ3v) is 5.22. The van der Waals surface area contributed by atoms with Crippen molar-refractivity contribution in [3.63, 3.8) is 0 Å². The van der Waals surface area contributed by atoms with Crippen molar-refractivity contribution in [1.29, 1.82) is 0 Å². The average Bonchev–Trinajstić information content (AvgIpc) is 2.87. The lowest BCUT2D eigenvalue weighted by molar-refractivity contribution is -0.113. The summed E-state index contributed by atoms with van der Waals surface area (Å²) in [4.78, 5) is 11.7. The molecule has 4 nitrogen and oxygen atoms in total. The van der Waals surface area contributed by atoms with Crippen molar-refractivity contribution >= 4 is 51.0 Å². The van der Waals surface area contributed by atoms with E-state index in [-0.39, 0.29) is 11.7 Å². The van der Waals surface area contributed by atoms with Gasteiger partial charge in [0, 0.05) is 5.69 Å². The number of nitrogens with two attached hydrogens (primary N) is 1. The minimum Gasteiger partial charge on any atom is -0.397 e. The lowest BCUT2D eigenvalue weighted by Gasteiger charge is -2.06. The van der Waals surface area contributed by atoms with E-state index in [1.165, 1.54) is 11.3 Å². The third-order valence-electron chi connectivity index (χ3n) is 2.26. The quantitative estimate of drug-likeness (QED) is 0.852. The van der Waals surface area contributed by atoms with Crippen LogP contribution in [0.4, 0.5) is 11.4 Å². The summed E-state index contributed by atoms with van der Waals surface area (Å²) in [7, 11) is -1.32. The highest BCUT2D eigenvalue weighted by atomic mass is 35.5. The SMILES string of the molecule is Nc1cc(NC(=O)CS(=O)c2cccs2)ccc1Cl. The number of carbonyl (C=O) groups excluding carboxylic acids is 1. The Morgan fingerprint density at radius 3 is 2.84 bits per heavy atom. The normalized spacial score (nSPS) is 12.1. The maximum atomic E-state index is 11.8. The number of halogens is 1. The van der Waals surface area contributed by atoms with Crippen molar-refractivity contribution in [2.24, 2.45) is 0 Å². The fraction of sp³-hybridized carbons (Fsp3) is 0.0833. The molecule has 3 N–H and O–H groups in total. The molecule has 0 saturated heterocycles. The number of nitrogens with one attached hydrogen (secondary N) is 1. The molecule has 2 rings (SSSR count). The molecule has 0 fully saturated rings. The lowest BCUT2D eigenvalue weighted by Crippen LogP contribution is -2.19. The summed E-state index contributed by atoms with van der Waals surface area (Å²) in [6.07, 6.45) is 0. The molecule has 2 aromatic rings. The van der Waals surface area contributed by atoms with Crippen molar-refractivity contribution in [3.8, 4) is 0 Å². The van der Waals surface area contributed by atoms with Gasteiger partial charge in [0.1, 0.15) is 5.75 Å². The number of benzene rings is 1. The van der Waals surface area contributed by atoms with Crippen LogP contribution in [0, 0.1) is 0 Å². The van der Waals surface area contributed by atoms with Gasteiger partial charge >= 0.3 is 0 Å². The summed E-state index contributed by atoms with van der Waals surface area (Å²) in [5.74, 6) is -0.406. The molecule has 1 aromatic carbocycles. The standard InChI is InChI=1S/C12H11ClN2O2S2/c13-9-4-3-8(6-10(9)14)15-11(16)7-19(17)12-2-1-5-18-12/h1-6H,7,14H2,(H,15,16). The second-order valence-electron chi connectivity index (χ2n) is 3.71. The van der Waals surface area contributed by atoms with Gasteiger partial charge in [-0.05, 0) is 29.6 Å².